The van der Waals surface area contributed by atoms with Crippen molar-refractivity contribution in [3.8, 4) is 17.0 Å². The van der Waals surface area contributed by atoms with Crippen LogP contribution in [0.3, 0.4) is 0 Å². The number of carbonyl (C=O) groups excluding carboxylic acids is 1. The highest BCUT2D eigenvalue weighted by Crippen LogP contribution is 2.23. The Hall–Kier alpha value is -4.63. The smallest absolute Gasteiger partial charge is 0.326 e. The quantitative estimate of drug-likeness (QED) is 0.279. The Labute approximate surface area is 216 Å². The Balaban J connectivity index is 1.35. The lowest BCUT2D eigenvalue weighted by atomic mass is 9.96. The average Bonchev–Trinajstić information content (AvgIpc) is 3.55. The molecule has 37 heavy (non-hydrogen) atoms. The van der Waals surface area contributed by atoms with Gasteiger partial charge >= 0.3 is 5.97 Å². The molecule has 0 fully saturated rings. The molecule has 1 atom stereocenters. The summed E-state index contributed by atoms with van der Waals surface area (Å²) in [6, 6.07) is 16.0. The van der Waals surface area contributed by atoms with Crippen LogP contribution in [0.5, 0.6) is 5.75 Å². The number of carboxylic acids is 1. The standard InChI is InChI=1S/C27H21ClN4O5/c28-20-4-1-17(2-5-20)22-7-8-25-29-24(14-32(25)31-22)26(34)30-23(27(35)36)13-18-3-6-21(33)12-19(18)11-16-9-10-37-15-16/h1-10,12,14-15,23,33H,11,13H2,(H,30,34)(H,35,36)/t23-/m0/s1. The van der Waals surface area contributed by atoms with Crippen LogP contribution >= 0.6 is 11.6 Å². The molecule has 9 nitrogen and oxygen atoms in total. The van der Waals surface area contributed by atoms with Crippen molar-refractivity contribution in [1.82, 2.24) is 19.9 Å². The lowest BCUT2D eigenvalue weighted by Crippen LogP contribution is -2.42. The van der Waals surface area contributed by atoms with Gasteiger partial charge in [-0.25, -0.2) is 14.3 Å². The molecule has 1 amide bonds. The first-order chi connectivity index (χ1) is 17.9. The molecule has 0 spiro atoms. The van der Waals surface area contributed by atoms with Crippen molar-refractivity contribution in [1.29, 1.82) is 0 Å². The fourth-order valence-electron chi connectivity index (χ4n) is 4.01. The number of phenols is 1. The second-order valence-electron chi connectivity index (χ2n) is 8.48. The second-order valence-corrected chi connectivity index (χ2v) is 8.92. The Morgan fingerprint density at radius 3 is 2.59 bits per heavy atom. The molecule has 5 aromatic rings. The van der Waals surface area contributed by atoms with Crippen molar-refractivity contribution in [2.45, 2.75) is 18.9 Å². The van der Waals surface area contributed by atoms with Crippen LogP contribution < -0.4 is 5.32 Å². The van der Waals surface area contributed by atoms with Gasteiger partial charge in [0.15, 0.2) is 5.65 Å². The van der Waals surface area contributed by atoms with E-state index in [2.05, 4.69) is 15.4 Å². The molecule has 186 valence electrons. The summed E-state index contributed by atoms with van der Waals surface area (Å²) in [6.07, 6.45) is 5.03. The van der Waals surface area contributed by atoms with Crippen LogP contribution in [0.4, 0.5) is 0 Å². The molecule has 0 bridgehead atoms. The lowest BCUT2D eigenvalue weighted by Gasteiger charge is -2.16. The molecule has 0 aliphatic heterocycles. The number of aromatic nitrogens is 3. The third-order valence-corrected chi connectivity index (χ3v) is 6.14. The number of rotatable bonds is 8. The molecular weight excluding hydrogens is 496 g/mol. The summed E-state index contributed by atoms with van der Waals surface area (Å²) in [4.78, 5) is 29.3. The zero-order chi connectivity index (χ0) is 25.9. The number of nitrogens with zero attached hydrogens (tertiary/aromatic N) is 3. The minimum Gasteiger partial charge on any atom is -0.508 e. The molecule has 2 aromatic carbocycles. The zero-order valence-corrected chi connectivity index (χ0v) is 20.1. The van der Waals surface area contributed by atoms with Crippen molar-refractivity contribution in [2.75, 3.05) is 0 Å². The predicted molar refractivity (Wildman–Crippen MR) is 136 cm³/mol. The van der Waals surface area contributed by atoms with Gasteiger partial charge in [-0.15, -0.1) is 0 Å². The molecule has 3 aromatic heterocycles. The third-order valence-electron chi connectivity index (χ3n) is 5.88. The lowest BCUT2D eigenvalue weighted by molar-refractivity contribution is -0.139. The summed E-state index contributed by atoms with van der Waals surface area (Å²) in [7, 11) is 0. The molecule has 0 saturated heterocycles. The number of imidazole rings is 1. The molecule has 10 heteroatoms. The van der Waals surface area contributed by atoms with Crippen molar-refractivity contribution in [3.63, 3.8) is 0 Å². The van der Waals surface area contributed by atoms with Crippen LogP contribution in [0.1, 0.15) is 27.2 Å². The number of hydrogen-bond acceptors (Lipinski definition) is 6. The monoisotopic (exact) mass is 516 g/mol. The number of hydrogen-bond donors (Lipinski definition) is 3. The normalized spacial score (nSPS) is 11.9. The number of furan rings is 1. The molecular formula is C27H21ClN4O5. The number of benzene rings is 2. The number of carboxylic acid groups (broad SMARTS) is 1. The van der Waals surface area contributed by atoms with Crippen LogP contribution in [0.15, 0.2) is 83.8 Å². The van der Waals surface area contributed by atoms with E-state index in [0.29, 0.717) is 28.3 Å². The van der Waals surface area contributed by atoms with Crippen molar-refractivity contribution in [2.24, 2.45) is 0 Å². The Morgan fingerprint density at radius 1 is 1.05 bits per heavy atom. The van der Waals surface area contributed by atoms with E-state index >= 15 is 0 Å². The van der Waals surface area contributed by atoms with Crippen molar-refractivity contribution >= 4 is 29.1 Å². The highest BCUT2D eigenvalue weighted by Gasteiger charge is 2.24. The SMILES string of the molecule is O=C(N[C@@H](Cc1ccc(O)cc1Cc1ccoc1)C(=O)O)c1cn2nc(-c3ccc(Cl)cc3)ccc2n1. The maximum absolute atomic E-state index is 13.0. The van der Waals surface area contributed by atoms with Gasteiger partial charge in [-0.05, 0) is 59.2 Å². The molecule has 5 rings (SSSR count). The highest BCUT2D eigenvalue weighted by molar-refractivity contribution is 6.30. The minimum atomic E-state index is -1.22. The number of nitrogens with one attached hydrogen (secondary N) is 1. The maximum Gasteiger partial charge on any atom is 0.326 e. The summed E-state index contributed by atoms with van der Waals surface area (Å²) in [5.41, 5.74) is 4.26. The van der Waals surface area contributed by atoms with Gasteiger partial charge in [0.05, 0.1) is 24.4 Å². The Bertz CT molecular complexity index is 1580. The highest BCUT2D eigenvalue weighted by atomic mass is 35.5. The first kappa shape index (κ1) is 24.1. The van der Waals surface area contributed by atoms with Crippen LogP contribution in [-0.4, -0.2) is 42.7 Å². The van der Waals surface area contributed by atoms with E-state index < -0.39 is 17.9 Å². The summed E-state index contributed by atoms with van der Waals surface area (Å²) in [5, 5.41) is 27.4. The minimum absolute atomic E-state index is 0.0148. The number of halogens is 1. The molecule has 0 aliphatic carbocycles. The molecule has 0 saturated carbocycles. The largest absolute Gasteiger partial charge is 0.508 e. The van der Waals surface area contributed by atoms with Crippen molar-refractivity contribution in [3.05, 3.63) is 107 Å². The van der Waals surface area contributed by atoms with Gasteiger partial charge in [-0.1, -0.05) is 29.8 Å². The van der Waals surface area contributed by atoms with E-state index in [4.69, 9.17) is 16.0 Å². The molecule has 3 N–H and O–H groups in total. The molecule has 0 radical (unpaired) electrons. The number of amides is 1. The molecule has 0 unspecified atom stereocenters. The summed E-state index contributed by atoms with van der Waals surface area (Å²) >= 11 is 5.96. The number of aromatic hydroxyl groups is 1. The number of carbonyl (C=O) groups is 2. The number of aliphatic carboxylic acids is 1. The first-order valence-electron chi connectivity index (χ1n) is 11.3. The van der Waals surface area contributed by atoms with E-state index in [1.165, 1.54) is 16.8 Å². The summed E-state index contributed by atoms with van der Waals surface area (Å²) < 4.78 is 6.58. The van der Waals surface area contributed by atoms with Crippen LogP contribution in [0, 0.1) is 0 Å². The van der Waals surface area contributed by atoms with Gasteiger partial charge in [0.25, 0.3) is 5.91 Å². The van der Waals surface area contributed by atoms with E-state index in [-0.39, 0.29) is 17.9 Å². The fourth-order valence-corrected chi connectivity index (χ4v) is 4.13. The van der Waals surface area contributed by atoms with Crippen LogP contribution in [0.2, 0.25) is 5.02 Å². The fraction of sp³-hybridized carbons (Fsp3) is 0.111. The predicted octanol–water partition coefficient (Wildman–Crippen LogP) is 4.36. The van der Waals surface area contributed by atoms with Crippen molar-refractivity contribution < 1.29 is 24.2 Å². The van der Waals surface area contributed by atoms with Gasteiger partial charge in [0.2, 0.25) is 0 Å². The Morgan fingerprint density at radius 2 is 1.86 bits per heavy atom. The van der Waals surface area contributed by atoms with Gasteiger partial charge in [-0.3, -0.25) is 4.79 Å². The van der Waals surface area contributed by atoms with Crippen LogP contribution in [-0.2, 0) is 17.6 Å². The van der Waals surface area contributed by atoms with Gasteiger partial charge < -0.3 is 19.9 Å². The molecule has 0 aliphatic rings. The number of phenolic OH excluding ortho intramolecular Hbond substituents is 1. The summed E-state index contributed by atoms with van der Waals surface area (Å²) in [5.74, 6) is -1.77. The third kappa shape index (κ3) is 5.46. The first-order valence-corrected chi connectivity index (χ1v) is 11.7. The average molecular weight is 517 g/mol. The van der Waals surface area contributed by atoms with E-state index in [1.54, 1.807) is 55.0 Å². The zero-order valence-electron chi connectivity index (χ0n) is 19.3. The van der Waals surface area contributed by atoms with Gasteiger partial charge in [0.1, 0.15) is 17.5 Å². The number of fused-ring (bicyclic) bond motifs is 1. The topological polar surface area (TPSA) is 130 Å². The van der Waals surface area contributed by atoms with Crippen LogP contribution in [0.25, 0.3) is 16.9 Å². The molecule has 3 heterocycles. The van der Waals surface area contributed by atoms with E-state index in [0.717, 1.165) is 16.7 Å². The Kier molecular flexibility index (Phi) is 6.61. The van der Waals surface area contributed by atoms with Gasteiger partial charge in [0, 0.05) is 23.4 Å². The second kappa shape index (κ2) is 10.2. The van der Waals surface area contributed by atoms with Gasteiger partial charge in [-0.2, -0.15) is 5.10 Å². The maximum atomic E-state index is 13.0. The van der Waals surface area contributed by atoms with E-state index in [1.807, 2.05) is 12.1 Å². The summed E-state index contributed by atoms with van der Waals surface area (Å²) in [6.45, 7) is 0. The van der Waals surface area contributed by atoms with E-state index in [9.17, 15) is 19.8 Å².